The van der Waals surface area contributed by atoms with Crippen LogP contribution in [0, 0.1) is 5.82 Å². The van der Waals surface area contributed by atoms with Gasteiger partial charge in [0.2, 0.25) is 0 Å². The highest BCUT2D eigenvalue weighted by molar-refractivity contribution is 7.11. The fraction of sp³-hybridized carbons (Fsp3) is 0.438. The number of ether oxygens (including phenoxy) is 1. The van der Waals surface area contributed by atoms with Gasteiger partial charge in [0.1, 0.15) is 5.82 Å². The molecule has 112 valence electrons. The standard InChI is InChI=1S/C16H19FN2OS/c1-20-10-14-15(9-18-12-6-7-12)21-16(19-14)8-11-4-2-3-5-13(11)17/h2-5,12,18H,6-10H2,1H3. The highest BCUT2D eigenvalue weighted by Gasteiger charge is 2.21. The third-order valence-electron chi connectivity index (χ3n) is 3.53. The Balaban J connectivity index is 1.74. The topological polar surface area (TPSA) is 34.1 Å². The average molecular weight is 306 g/mol. The Kier molecular flexibility index (Phi) is 4.63. The molecule has 1 aromatic heterocycles. The van der Waals surface area contributed by atoms with E-state index in [-0.39, 0.29) is 5.82 Å². The fourth-order valence-corrected chi connectivity index (χ4v) is 3.28. The molecule has 0 unspecified atom stereocenters. The molecule has 1 aliphatic carbocycles. The molecule has 0 amide bonds. The summed E-state index contributed by atoms with van der Waals surface area (Å²) in [4.78, 5) is 5.83. The Hall–Kier alpha value is -1.30. The third-order valence-corrected chi connectivity index (χ3v) is 4.63. The molecule has 21 heavy (non-hydrogen) atoms. The summed E-state index contributed by atoms with van der Waals surface area (Å²) in [7, 11) is 1.67. The summed E-state index contributed by atoms with van der Waals surface area (Å²) < 4.78 is 19.0. The maximum Gasteiger partial charge on any atom is 0.126 e. The van der Waals surface area contributed by atoms with Crippen LogP contribution in [0.2, 0.25) is 0 Å². The molecule has 3 nitrogen and oxygen atoms in total. The molecule has 5 heteroatoms. The third kappa shape index (κ3) is 3.87. The maximum absolute atomic E-state index is 13.7. The van der Waals surface area contributed by atoms with Crippen LogP contribution in [0.5, 0.6) is 0 Å². The van der Waals surface area contributed by atoms with E-state index in [9.17, 15) is 4.39 Å². The second kappa shape index (κ2) is 6.64. The number of nitrogens with zero attached hydrogens (tertiary/aromatic N) is 1. The van der Waals surface area contributed by atoms with Crippen LogP contribution in [0.3, 0.4) is 0 Å². The van der Waals surface area contributed by atoms with Gasteiger partial charge in [-0.05, 0) is 24.5 Å². The largest absolute Gasteiger partial charge is 0.378 e. The Labute approximate surface area is 128 Å². The lowest BCUT2D eigenvalue weighted by Crippen LogP contribution is -2.15. The van der Waals surface area contributed by atoms with E-state index in [1.54, 1.807) is 24.5 Å². The van der Waals surface area contributed by atoms with E-state index in [0.29, 0.717) is 24.6 Å². The molecule has 0 bridgehead atoms. The van der Waals surface area contributed by atoms with E-state index >= 15 is 0 Å². The number of nitrogens with one attached hydrogen (secondary N) is 1. The number of hydrogen-bond acceptors (Lipinski definition) is 4. The summed E-state index contributed by atoms with van der Waals surface area (Å²) in [6, 6.07) is 7.54. The van der Waals surface area contributed by atoms with Crippen molar-refractivity contribution < 1.29 is 9.13 Å². The van der Waals surface area contributed by atoms with Gasteiger partial charge in [0.15, 0.2) is 0 Å². The minimum atomic E-state index is -0.168. The summed E-state index contributed by atoms with van der Waals surface area (Å²) >= 11 is 1.65. The maximum atomic E-state index is 13.7. The summed E-state index contributed by atoms with van der Waals surface area (Å²) in [6.45, 7) is 1.34. The summed E-state index contributed by atoms with van der Waals surface area (Å²) in [5, 5.41) is 4.45. The first kappa shape index (κ1) is 14.6. The minimum Gasteiger partial charge on any atom is -0.378 e. The van der Waals surface area contributed by atoms with Gasteiger partial charge in [-0.1, -0.05) is 18.2 Å². The first-order valence-corrected chi connectivity index (χ1v) is 8.01. The molecule has 3 rings (SSSR count). The number of benzene rings is 1. The van der Waals surface area contributed by atoms with E-state index in [0.717, 1.165) is 17.2 Å². The molecular weight excluding hydrogens is 287 g/mol. The number of halogens is 1. The predicted octanol–water partition coefficient (Wildman–Crippen LogP) is 3.27. The molecule has 1 fully saturated rings. The van der Waals surface area contributed by atoms with Crippen molar-refractivity contribution in [2.75, 3.05) is 7.11 Å². The van der Waals surface area contributed by atoms with E-state index in [1.165, 1.54) is 23.8 Å². The SMILES string of the molecule is COCc1nc(Cc2ccccc2F)sc1CNC1CC1. The molecule has 1 heterocycles. The zero-order valence-electron chi connectivity index (χ0n) is 12.1. The normalized spacial score (nSPS) is 14.6. The molecule has 1 saturated carbocycles. The Bertz CT molecular complexity index is 610. The van der Waals surface area contributed by atoms with Gasteiger partial charge in [-0.15, -0.1) is 11.3 Å². The van der Waals surface area contributed by atoms with Crippen LogP contribution in [0.25, 0.3) is 0 Å². The molecule has 1 N–H and O–H groups in total. The van der Waals surface area contributed by atoms with Crippen molar-refractivity contribution in [3.05, 3.63) is 51.2 Å². The first-order valence-electron chi connectivity index (χ1n) is 7.19. The quantitative estimate of drug-likeness (QED) is 0.852. The lowest BCUT2D eigenvalue weighted by molar-refractivity contribution is 0.181. The summed E-state index contributed by atoms with van der Waals surface area (Å²) in [5.41, 5.74) is 1.67. The summed E-state index contributed by atoms with van der Waals surface area (Å²) in [6.07, 6.45) is 3.07. The molecule has 0 saturated heterocycles. The van der Waals surface area contributed by atoms with Gasteiger partial charge < -0.3 is 10.1 Å². The van der Waals surface area contributed by atoms with E-state index < -0.39 is 0 Å². The predicted molar refractivity (Wildman–Crippen MR) is 81.9 cm³/mol. The Morgan fingerprint density at radius 1 is 1.38 bits per heavy atom. The second-order valence-corrected chi connectivity index (χ2v) is 6.50. The van der Waals surface area contributed by atoms with Gasteiger partial charge in [-0.3, -0.25) is 0 Å². The number of rotatable bonds is 7. The zero-order chi connectivity index (χ0) is 14.7. The van der Waals surface area contributed by atoms with Gasteiger partial charge in [0.05, 0.1) is 17.3 Å². The van der Waals surface area contributed by atoms with Gasteiger partial charge in [0, 0.05) is 31.0 Å². The van der Waals surface area contributed by atoms with E-state index in [1.807, 2.05) is 12.1 Å². The Morgan fingerprint density at radius 3 is 2.90 bits per heavy atom. The van der Waals surface area contributed by atoms with Crippen LogP contribution in [-0.4, -0.2) is 18.1 Å². The number of thiazole rings is 1. The van der Waals surface area contributed by atoms with Crippen LogP contribution >= 0.6 is 11.3 Å². The second-order valence-electron chi connectivity index (χ2n) is 5.33. The minimum absolute atomic E-state index is 0.168. The number of aromatic nitrogens is 1. The van der Waals surface area contributed by atoms with Crippen molar-refractivity contribution in [3.8, 4) is 0 Å². The number of methoxy groups -OCH3 is 1. The molecular formula is C16H19FN2OS. The molecule has 0 spiro atoms. The van der Waals surface area contributed by atoms with Crippen molar-refractivity contribution >= 4 is 11.3 Å². The van der Waals surface area contributed by atoms with Crippen molar-refractivity contribution in [3.63, 3.8) is 0 Å². The van der Waals surface area contributed by atoms with Crippen molar-refractivity contribution in [2.45, 2.75) is 38.5 Å². The smallest absolute Gasteiger partial charge is 0.126 e. The van der Waals surface area contributed by atoms with Gasteiger partial charge in [-0.2, -0.15) is 0 Å². The molecule has 1 aromatic carbocycles. The monoisotopic (exact) mass is 306 g/mol. The van der Waals surface area contributed by atoms with E-state index in [2.05, 4.69) is 10.3 Å². The van der Waals surface area contributed by atoms with Crippen LogP contribution < -0.4 is 5.32 Å². The lowest BCUT2D eigenvalue weighted by atomic mass is 10.1. The Morgan fingerprint density at radius 2 is 2.19 bits per heavy atom. The molecule has 2 aromatic rings. The molecule has 1 aliphatic rings. The van der Waals surface area contributed by atoms with Crippen molar-refractivity contribution in [1.82, 2.24) is 10.3 Å². The van der Waals surface area contributed by atoms with Crippen LogP contribution in [0.4, 0.5) is 4.39 Å². The molecule has 0 radical (unpaired) electrons. The fourth-order valence-electron chi connectivity index (χ4n) is 2.23. The van der Waals surface area contributed by atoms with Gasteiger partial charge >= 0.3 is 0 Å². The molecule has 0 aliphatic heterocycles. The van der Waals surface area contributed by atoms with Crippen LogP contribution in [0.15, 0.2) is 24.3 Å². The average Bonchev–Trinajstić information content (AvgIpc) is 3.23. The highest BCUT2D eigenvalue weighted by atomic mass is 32.1. The van der Waals surface area contributed by atoms with Crippen molar-refractivity contribution in [1.29, 1.82) is 0 Å². The first-order chi connectivity index (χ1) is 10.3. The highest BCUT2D eigenvalue weighted by Crippen LogP contribution is 2.25. The molecule has 0 atom stereocenters. The number of hydrogen-bond donors (Lipinski definition) is 1. The van der Waals surface area contributed by atoms with Crippen LogP contribution in [-0.2, 0) is 24.3 Å². The van der Waals surface area contributed by atoms with Gasteiger partial charge in [-0.25, -0.2) is 9.37 Å². The van der Waals surface area contributed by atoms with Gasteiger partial charge in [0.25, 0.3) is 0 Å². The van der Waals surface area contributed by atoms with E-state index in [4.69, 9.17) is 4.74 Å². The van der Waals surface area contributed by atoms with Crippen molar-refractivity contribution in [2.24, 2.45) is 0 Å². The lowest BCUT2D eigenvalue weighted by Gasteiger charge is -2.02. The zero-order valence-corrected chi connectivity index (χ0v) is 12.9. The summed E-state index contributed by atoms with van der Waals surface area (Å²) in [5.74, 6) is -0.168. The van der Waals surface area contributed by atoms with Crippen LogP contribution in [0.1, 0.15) is 34.0 Å².